The summed E-state index contributed by atoms with van der Waals surface area (Å²) in [4.78, 5) is 12.2. The number of benzene rings is 1. The first-order chi connectivity index (χ1) is 9.02. The predicted octanol–water partition coefficient (Wildman–Crippen LogP) is 3.75. The number of halogens is 1. The number of carbonyl (C=O) groups is 1. The maximum Gasteiger partial charge on any atom is 0.259 e. The summed E-state index contributed by atoms with van der Waals surface area (Å²) in [5.41, 5.74) is 8.54. The number of carbonyl (C=O) groups excluding carboxylic acids is 1. The Labute approximate surface area is 120 Å². The molecule has 0 unspecified atom stereocenters. The molecule has 0 saturated carbocycles. The largest absolute Gasteiger partial charge is 0.469 e. The van der Waals surface area contributed by atoms with E-state index in [9.17, 15) is 4.79 Å². The van der Waals surface area contributed by atoms with Crippen molar-refractivity contribution in [2.24, 2.45) is 0 Å². The van der Waals surface area contributed by atoms with E-state index in [-0.39, 0.29) is 5.91 Å². The van der Waals surface area contributed by atoms with Crippen LogP contribution in [0, 0.1) is 6.92 Å². The zero-order chi connectivity index (χ0) is 14.0. The summed E-state index contributed by atoms with van der Waals surface area (Å²) in [6, 6.07) is 5.33. The minimum atomic E-state index is -0.206. The van der Waals surface area contributed by atoms with Crippen molar-refractivity contribution in [1.82, 2.24) is 0 Å². The summed E-state index contributed by atoms with van der Waals surface area (Å²) in [7, 11) is 0. The number of hydrogen-bond acceptors (Lipinski definition) is 3. The highest BCUT2D eigenvalue weighted by atomic mass is 79.9. The van der Waals surface area contributed by atoms with Crippen LogP contribution in [0.15, 0.2) is 33.4 Å². The lowest BCUT2D eigenvalue weighted by Gasteiger charge is -2.11. The van der Waals surface area contributed by atoms with Crippen LogP contribution in [0.4, 0.5) is 11.4 Å². The average Bonchev–Trinajstić information content (AvgIpc) is 2.81. The molecule has 5 heteroatoms. The van der Waals surface area contributed by atoms with Gasteiger partial charge in [-0.1, -0.05) is 22.9 Å². The normalized spacial score (nSPS) is 10.5. The van der Waals surface area contributed by atoms with Gasteiger partial charge in [-0.25, -0.2) is 0 Å². The summed E-state index contributed by atoms with van der Waals surface area (Å²) < 4.78 is 6.14. The minimum Gasteiger partial charge on any atom is -0.469 e. The second-order valence-electron chi connectivity index (χ2n) is 4.25. The predicted molar refractivity (Wildman–Crippen MR) is 79.3 cm³/mol. The molecule has 0 bridgehead atoms. The van der Waals surface area contributed by atoms with Crippen LogP contribution in [-0.2, 0) is 6.42 Å². The second-order valence-corrected chi connectivity index (χ2v) is 5.17. The Hall–Kier alpha value is -1.75. The monoisotopic (exact) mass is 322 g/mol. The quantitative estimate of drug-likeness (QED) is 0.845. The van der Waals surface area contributed by atoms with Gasteiger partial charge in [0, 0.05) is 10.9 Å². The van der Waals surface area contributed by atoms with E-state index in [1.807, 2.05) is 19.9 Å². The summed E-state index contributed by atoms with van der Waals surface area (Å²) in [5, 5.41) is 2.84. The van der Waals surface area contributed by atoms with E-state index in [1.54, 1.807) is 12.1 Å². The van der Waals surface area contributed by atoms with Crippen LogP contribution in [0.3, 0.4) is 0 Å². The van der Waals surface area contributed by atoms with Gasteiger partial charge in [-0.2, -0.15) is 0 Å². The second kappa shape index (κ2) is 5.48. The molecule has 100 valence electrons. The lowest BCUT2D eigenvalue weighted by Crippen LogP contribution is -2.15. The third kappa shape index (κ3) is 2.81. The highest BCUT2D eigenvalue weighted by Gasteiger charge is 2.15. The van der Waals surface area contributed by atoms with Gasteiger partial charge < -0.3 is 15.5 Å². The number of anilines is 2. The van der Waals surface area contributed by atoms with Crippen molar-refractivity contribution in [3.63, 3.8) is 0 Å². The van der Waals surface area contributed by atoms with Crippen molar-refractivity contribution < 1.29 is 9.21 Å². The lowest BCUT2D eigenvalue weighted by molar-refractivity contribution is 0.102. The average molecular weight is 323 g/mol. The molecule has 0 aliphatic rings. The molecule has 0 saturated heterocycles. The van der Waals surface area contributed by atoms with E-state index < -0.39 is 0 Å². The molecule has 1 aromatic carbocycles. The first-order valence-electron chi connectivity index (χ1n) is 5.96. The Morgan fingerprint density at radius 2 is 2.21 bits per heavy atom. The number of furan rings is 1. The van der Waals surface area contributed by atoms with Gasteiger partial charge in [-0.3, -0.25) is 4.79 Å². The van der Waals surface area contributed by atoms with Crippen molar-refractivity contribution >= 4 is 33.2 Å². The zero-order valence-corrected chi connectivity index (χ0v) is 12.4. The SMILES string of the molecule is CCc1occc1C(=O)Nc1c(C)cc(Br)cc1N. The molecule has 1 amide bonds. The van der Waals surface area contributed by atoms with E-state index in [0.717, 1.165) is 10.0 Å². The maximum absolute atomic E-state index is 12.2. The van der Waals surface area contributed by atoms with Crippen LogP contribution < -0.4 is 11.1 Å². The summed E-state index contributed by atoms with van der Waals surface area (Å²) in [5.74, 6) is 0.466. The highest BCUT2D eigenvalue weighted by Crippen LogP contribution is 2.28. The van der Waals surface area contributed by atoms with E-state index in [2.05, 4.69) is 21.2 Å². The molecule has 0 atom stereocenters. The fraction of sp³-hybridized carbons (Fsp3) is 0.214. The van der Waals surface area contributed by atoms with Gasteiger partial charge in [0.15, 0.2) is 0 Å². The van der Waals surface area contributed by atoms with Gasteiger partial charge >= 0.3 is 0 Å². The van der Waals surface area contributed by atoms with Gasteiger partial charge in [-0.15, -0.1) is 0 Å². The zero-order valence-electron chi connectivity index (χ0n) is 10.8. The van der Waals surface area contributed by atoms with E-state index >= 15 is 0 Å². The van der Waals surface area contributed by atoms with Crippen LogP contribution in [0.1, 0.15) is 28.6 Å². The molecule has 0 spiro atoms. The Bertz CT molecular complexity index is 597. The third-order valence-corrected chi connectivity index (χ3v) is 3.34. The Balaban J connectivity index is 2.29. The minimum absolute atomic E-state index is 0.206. The standard InChI is InChI=1S/C14H15BrN2O2/c1-3-12-10(4-5-19-12)14(18)17-13-8(2)6-9(15)7-11(13)16/h4-7H,3,16H2,1-2H3,(H,17,18). The molecule has 0 fully saturated rings. The van der Waals surface area contributed by atoms with Gasteiger partial charge in [0.25, 0.3) is 5.91 Å². The molecule has 1 aromatic heterocycles. The smallest absolute Gasteiger partial charge is 0.259 e. The Morgan fingerprint density at radius 1 is 1.47 bits per heavy atom. The number of hydrogen-bond donors (Lipinski definition) is 2. The van der Waals surface area contributed by atoms with Crippen LogP contribution >= 0.6 is 15.9 Å². The first-order valence-corrected chi connectivity index (χ1v) is 6.75. The highest BCUT2D eigenvalue weighted by molar-refractivity contribution is 9.10. The topological polar surface area (TPSA) is 68.3 Å². The van der Waals surface area contributed by atoms with Gasteiger partial charge in [0.1, 0.15) is 5.76 Å². The summed E-state index contributed by atoms with van der Waals surface area (Å²) in [6.07, 6.45) is 2.19. The third-order valence-electron chi connectivity index (χ3n) is 2.88. The molecular formula is C14H15BrN2O2. The first kappa shape index (κ1) is 13.7. The van der Waals surface area contributed by atoms with Gasteiger partial charge in [0.2, 0.25) is 0 Å². The molecule has 3 N–H and O–H groups in total. The van der Waals surface area contributed by atoms with Crippen molar-refractivity contribution in [2.75, 3.05) is 11.1 Å². The van der Waals surface area contributed by atoms with Crippen molar-refractivity contribution in [2.45, 2.75) is 20.3 Å². The summed E-state index contributed by atoms with van der Waals surface area (Å²) >= 11 is 3.37. The summed E-state index contributed by atoms with van der Waals surface area (Å²) in [6.45, 7) is 3.84. The van der Waals surface area contributed by atoms with Crippen LogP contribution in [0.25, 0.3) is 0 Å². The number of aryl methyl sites for hydroxylation is 2. The number of nitrogens with two attached hydrogens (primary N) is 1. The molecule has 19 heavy (non-hydrogen) atoms. The van der Waals surface area contributed by atoms with Crippen LogP contribution in [0.5, 0.6) is 0 Å². The fourth-order valence-electron chi connectivity index (χ4n) is 1.94. The van der Waals surface area contributed by atoms with Crippen LogP contribution in [-0.4, -0.2) is 5.91 Å². The van der Waals surface area contributed by atoms with Crippen molar-refractivity contribution in [1.29, 1.82) is 0 Å². The molecule has 1 heterocycles. The van der Waals surface area contributed by atoms with Crippen molar-refractivity contribution in [3.05, 3.63) is 45.8 Å². The molecule has 2 aromatic rings. The molecule has 4 nitrogen and oxygen atoms in total. The van der Waals surface area contributed by atoms with Crippen molar-refractivity contribution in [3.8, 4) is 0 Å². The Morgan fingerprint density at radius 3 is 2.84 bits per heavy atom. The number of nitrogens with one attached hydrogen (secondary N) is 1. The van der Waals surface area contributed by atoms with E-state index in [4.69, 9.17) is 10.2 Å². The van der Waals surface area contributed by atoms with E-state index in [0.29, 0.717) is 29.1 Å². The lowest BCUT2D eigenvalue weighted by atomic mass is 10.1. The molecule has 2 rings (SSSR count). The van der Waals surface area contributed by atoms with Gasteiger partial charge in [-0.05, 0) is 30.7 Å². The number of amides is 1. The fourth-order valence-corrected chi connectivity index (χ4v) is 2.53. The van der Waals surface area contributed by atoms with Gasteiger partial charge in [0.05, 0.1) is 23.2 Å². The van der Waals surface area contributed by atoms with Crippen LogP contribution in [0.2, 0.25) is 0 Å². The number of nitrogen functional groups attached to an aromatic ring is 1. The maximum atomic E-state index is 12.2. The molecular weight excluding hydrogens is 308 g/mol. The molecule has 0 aliphatic carbocycles. The van der Waals surface area contributed by atoms with E-state index in [1.165, 1.54) is 6.26 Å². The number of rotatable bonds is 3. The Kier molecular flexibility index (Phi) is 3.95. The molecule has 0 aliphatic heterocycles. The molecule has 0 radical (unpaired) electrons.